The number of carbonyl (C=O) groups is 1. The van der Waals surface area contributed by atoms with Gasteiger partial charge in [-0.05, 0) is 49.3 Å². The van der Waals surface area contributed by atoms with Crippen LogP contribution in [0, 0.1) is 12.8 Å². The van der Waals surface area contributed by atoms with E-state index in [1.165, 1.54) is 10.4 Å². The largest absolute Gasteiger partial charge is 0.351 e. The molecule has 1 unspecified atom stereocenters. The Hall–Kier alpha value is -1.63. The molecule has 152 valence electrons. The van der Waals surface area contributed by atoms with Gasteiger partial charge in [0.15, 0.2) is 0 Å². The Labute approximate surface area is 176 Å². The Morgan fingerprint density at radius 2 is 2.21 bits per heavy atom. The van der Waals surface area contributed by atoms with Gasteiger partial charge >= 0.3 is 0 Å². The van der Waals surface area contributed by atoms with Gasteiger partial charge in [-0.3, -0.25) is 14.4 Å². The normalized spacial score (nSPS) is 15.9. The third-order valence-electron chi connectivity index (χ3n) is 5.08. The van der Waals surface area contributed by atoms with Gasteiger partial charge in [0.05, 0.1) is 5.69 Å². The molecule has 2 aromatic rings. The maximum absolute atomic E-state index is 12.3. The summed E-state index contributed by atoms with van der Waals surface area (Å²) >= 11 is 8.28. The number of aromatic nitrogens is 2. The SMILES string of the molecule is Cc1nn(CC(C)C)c(Cl)c1/C=C/C(=O)NCC(C)N1CCc2sccc2C1. The number of halogens is 1. The molecule has 1 amide bonds. The van der Waals surface area contributed by atoms with E-state index >= 15 is 0 Å². The second-order valence-electron chi connectivity index (χ2n) is 7.88. The summed E-state index contributed by atoms with van der Waals surface area (Å²) in [5, 5.41) is 10.2. The van der Waals surface area contributed by atoms with Gasteiger partial charge in [-0.2, -0.15) is 5.10 Å². The summed E-state index contributed by atoms with van der Waals surface area (Å²) in [5.41, 5.74) is 3.08. The molecule has 0 radical (unpaired) electrons. The third-order valence-corrected chi connectivity index (χ3v) is 6.50. The highest BCUT2D eigenvalue weighted by Gasteiger charge is 2.21. The first kappa shape index (κ1) is 21.1. The van der Waals surface area contributed by atoms with E-state index in [9.17, 15) is 4.79 Å². The average molecular weight is 421 g/mol. The van der Waals surface area contributed by atoms with Crippen molar-refractivity contribution in [3.63, 3.8) is 0 Å². The Bertz CT molecular complexity index is 855. The van der Waals surface area contributed by atoms with E-state index in [1.807, 2.05) is 18.3 Å². The van der Waals surface area contributed by atoms with Crippen LogP contribution in [0.15, 0.2) is 17.5 Å². The van der Waals surface area contributed by atoms with E-state index in [2.05, 4.69) is 47.5 Å². The molecule has 0 aliphatic carbocycles. The van der Waals surface area contributed by atoms with Gasteiger partial charge in [-0.15, -0.1) is 11.3 Å². The van der Waals surface area contributed by atoms with Crippen molar-refractivity contribution in [3.05, 3.63) is 44.4 Å². The van der Waals surface area contributed by atoms with Gasteiger partial charge in [0.1, 0.15) is 5.15 Å². The molecule has 0 bridgehead atoms. The lowest BCUT2D eigenvalue weighted by atomic mass is 10.1. The minimum Gasteiger partial charge on any atom is -0.351 e. The molecule has 1 N–H and O–H groups in total. The second kappa shape index (κ2) is 9.25. The molecule has 1 aliphatic heterocycles. The minimum absolute atomic E-state index is 0.104. The summed E-state index contributed by atoms with van der Waals surface area (Å²) in [4.78, 5) is 16.2. The van der Waals surface area contributed by atoms with Crippen LogP contribution in [0.1, 0.15) is 42.5 Å². The first-order valence-corrected chi connectivity index (χ1v) is 11.1. The van der Waals surface area contributed by atoms with Crippen molar-refractivity contribution in [2.24, 2.45) is 5.92 Å². The molecular formula is C21H29ClN4OS. The van der Waals surface area contributed by atoms with Gasteiger partial charge < -0.3 is 5.32 Å². The van der Waals surface area contributed by atoms with Crippen molar-refractivity contribution in [2.75, 3.05) is 13.1 Å². The highest BCUT2D eigenvalue weighted by atomic mass is 35.5. The monoisotopic (exact) mass is 420 g/mol. The summed E-state index contributed by atoms with van der Waals surface area (Å²) in [7, 11) is 0. The molecule has 1 aliphatic rings. The van der Waals surface area contributed by atoms with Crippen LogP contribution < -0.4 is 5.32 Å². The fraction of sp³-hybridized carbons (Fsp3) is 0.524. The second-order valence-corrected chi connectivity index (χ2v) is 9.24. The fourth-order valence-electron chi connectivity index (χ4n) is 3.47. The number of nitrogens with zero attached hydrogens (tertiary/aromatic N) is 3. The molecule has 1 atom stereocenters. The minimum atomic E-state index is -0.104. The summed E-state index contributed by atoms with van der Waals surface area (Å²) in [6.45, 7) is 11.7. The number of hydrogen-bond donors (Lipinski definition) is 1. The number of aryl methyl sites for hydroxylation is 1. The number of nitrogens with one attached hydrogen (secondary N) is 1. The first-order chi connectivity index (χ1) is 13.3. The molecule has 3 rings (SSSR count). The number of rotatable bonds is 7. The van der Waals surface area contributed by atoms with Gasteiger partial charge in [0, 0.05) is 48.7 Å². The highest BCUT2D eigenvalue weighted by Crippen LogP contribution is 2.25. The van der Waals surface area contributed by atoms with Gasteiger partial charge in [-0.1, -0.05) is 25.4 Å². The van der Waals surface area contributed by atoms with Gasteiger partial charge in [-0.25, -0.2) is 0 Å². The molecule has 3 heterocycles. The maximum atomic E-state index is 12.3. The van der Waals surface area contributed by atoms with Crippen LogP contribution in [0.2, 0.25) is 5.15 Å². The van der Waals surface area contributed by atoms with E-state index in [4.69, 9.17) is 11.6 Å². The number of carbonyl (C=O) groups excluding carboxylic acids is 1. The van der Waals surface area contributed by atoms with Crippen LogP contribution in [0.3, 0.4) is 0 Å². The standard InChI is InChI=1S/C21H29ClN4OS/c1-14(2)12-26-21(22)18(16(4)24-26)5-6-20(27)23-11-15(3)25-9-7-19-17(13-25)8-10-28-19/h5-6,8,10,14-15H,7,9,11-13H2,1-4H3,(H,23,27)/b6-5+. The summed E-state index contributed by atoms with van der Waals surface area (Å²) in [5.74, 6) is 0.352. The molecule has 2 aromatic heterocycles. The van der Waals surface area contributed by atoms with Crippen LogP contribution in [0.25, 0.3) is 6.08 Å². The van der Waals surface area contributed by atoms with Crippen LogP contribution in [0.4, 0.5) is 0 Å². The summed E-state index contributed by atoms with van der Waals surface area (Å²) in [6.07, 6.45) is 4.42. The van der Waals surface area contributed by atoms with Crippen molar-refractivity contribution in [2.45, 2.75) is 53.2 Å². The van der Waals surface area contributed by atoms with Crippen LogP contribution in [-0.4, -0.2) is 39.7 Å². The molecule has 7 heteroatoms. The predicted molar refractivity (Wildman–Crippen MR) is 117 cm³/mol. The Morgan fingerprint density at radius 3 is 2.96 bits per heavy atom. The summed E-state index contributed by atoms with van der Waals surface area (Å²) in [6, 6.07) is 2.51. The molecule has 0 saturated heterocycles. The van der Waals surface area contributed by atoms with Crippen LogP contribution >= 0.6 is 22.9 Å². The quantitative estimate of drug-likeness (QED) is 0.685. The van der Waals surface area contributed by atoms with Crippen molar-refractivity contribution in [1.82, 2.24) is 20.0 Å². The number of fused-ring (bicyclic) bond motifs is 1. The van der Waals surface area contributed by atoms with Gasteiger partial charge in [0.25, 0.3) is 0 Å². The molecule has 0 fully saturated rings. The molecule has 5 nitrogen and oxygen atoms in total. The van der Waals surface area contributed by atoms with Crippen LogP contribution in [0.5, 0.6) is 0 Å². The van der Waals surface area contributed by atoms with Crippen molar-refractivity contribution in [3.8, 4) is 0 Å². The fourth-order valence-corrected chi connectivity index (χ4v) is 4.66. The number of hydrogen-bond acceptors (Lipinski definition) is 4. The van der Waals surface area contributed by atoms with Crippen LogP contribution in [-0.2, 0) is 24.3 Å². The number of thiophene rings is 1. The molecule has 0 aromatic carbocycles. The Kier molecular flexibility index (Phi) is 6.96. The highest BCUT2D eigenvalue weighted by molar-refractivity contribution is 7.10. The van der Waals surface area contributed by atoms with E-state index in [1.54, 1.807) is 16.8 Å². The zero-order valence-corrected chi connectivity index (χ0v) is 18.6. The lowest BCUT2D eigenvalue weighted by Gasteiger charge is -2.32. The van der Waals surface area contributed by atoms with Crippen molar-refractivity contribution in [1.29, 1.82) is 0 Å². The zero-order valence-electron chi connectivity index (χ0n) is 17.0. The Morgan fingerprint density at radius 1 is 1.43 bits per heavy atom. The smallest absolute Gasteiger partial charge is 0.244 e. The maximum Gasteiger partial charge on any atom is 0.244 e. The summed E-state index contributed by atoms with van der Waals surface area (Å²) < 4.78 is 1.80. The lowest BCUT2D eigenvalue weighted by Crippen LogP contribution is -2.43. The van der Waals surface area contributed by atoms with Crippen molar-refractivity contribution >= 4 is 34.9 Å². The Balaban J connectivity index is 1.52. The predicted octanol–water partition coefficient (Wildman–Crippen LogP) is 4.14. The average Bonchev–Trinajstić information content (AvgIpc) is 3.22. The first-order valence-electron chi connectivity index (χ1n) is 9.83. The van der Waals surface area contributed by atoms with E-state index in [-0.39, 0.29) is 5.91 Å². The topological polar surface area (TPSA) is 50.2 Å². The molecule has 0 saturated carbocycles. The van der Waals surface area contributed by atoms with E-state index < -0.39 is 0 Å². The molecule has 28 heavy (non-hydrogen) atoms. The lowest BCUT2D eigenvalue weighted by molar-refractivity contribution is -0.116. The molecule has 0 spiro atoms. The third kappa shape index (κ3) is 5.04. The van der Waals surface area contributed by atoms with E-state index in [0.717, 1.165) is 37.3 Å². The molecular weight excluding hydrogens is 392 g/mol. The van der Waals surface area contributed by atoms with E-state index in [0.29, 0.717) is 23.7 Å². The zero-order chi connectivity index (χ0) is 20.3. The van der Waals surface area contributed by atoms with Crippen molar-refractivity contribution < 1.29 is 4.79 Å². The van der Waals surface area contributed by atoms with Gasteiger partial charge in [0.2, 0.25) is 5.91 Å². The number of amides is 1.